The van der Waals surface area contributed by atoms with Crippen molar-refractivity contribution in [3.8, 4) is 0 Å². The summed E-state index contributed by atoms with van der Waals surface area (Å²) in [5.41, 5.74) is 7.01. The molecule has 2 fully saturated rings. The number of nitrogens with zero attached hydrogens (tertiary/aromatic N) is 4. The zero-order valence-corrected chi connectivity index (χ0v) is 15.1. The van der Waals surface area contributed by atoms with E-state index in [2.05, 4.69) is 14.5 Å². The number of aromatic nitrogens is 3. The van der Waals surface area contributed by atoms with Crippen molar-refractivity contribution >= 4 is 5.91 Å². The summed E-state index contributed by atoms with van der Waals surface area (Å²) >= 11 is 0. The van der Waals surface area contributed by atoms with Crippen LogP contribution in [0.25, 0.3) is 0 Å². The van der Waals surface area contributed by atoms with Gasteiger partial charge in [0.1, 0.15) is 5.82 Å². The van der Waals surface area contributed by atoms with Crippen LogP contribution in [-0.2, 0) is 11.3 Å². The van der Waals surface area contributed by atoms with E-state index in [1.165, 1.54) is 0 Å². The molecule has 1 saturated carbocycles. The average molecular weight is 353 g/mol. The van der Waals surface area contributed by atoms with Crippen LogP contribution in [0.1, 0.15) is 49.5 Å². The van der Waals surface area contributed by atoms with E-state index in [0.717, 1.165) is 63.3 Å². The van der Waals surface area contributed by atoms with Crippen LogP contribution in [0, 0.1) is 5.92 Å². The van der Waals surface area contributed by atoms with Gasteiger partial charge in [0, 0.05) is 49.6 Å². The smallest absolute Gasteiger partial charge is 0.225 e. The number of pyridine rings is 1. The lowest BCUT2D eigenvalue weighted by atomic mass is 9.94. The summed E-state index contributed by atoms with van der Waals surface area (Å²) in [6.07, 6.45) is 10.5. The summed E-state index contributed by atoms with van der Waals surface area (Å²) < 4.78 is 2.19. The first-order valence-electron chi connectivity index (χ1n) is 9.66. The van der Waals surface area contributed by atoms with E-state index < -0.39 is 0 Å². The van der Waals surface area contributed by atoms with Gasteiger partial charge in [0.25, 0.3) is 0 Å². The Bertz CT molecular complexity index is 736. The zero-order valence-electron chi connectivity index (χ0n) is 15.1. The Kier molecular flexibility index (Phi) is 5.02. The molecule has 2 N–H and O–H groups in total. The zero-order chi connectivity index (χ0) is 17.9. The van der Waals surface area contributed by atoms with E-state index in [0.29, 0.717) is 11.8 Å². The van der Waals surface area contributed by atoms with Crippen molar-refractivity contribution in [1.82, 2.24) is 19.4 Å². The minimum absolute atomic E-state index is 0.146. The van der Waals surface area contributed by atoms with E-state index in [1.54, 1.807) is 0 Å². The molecule has 1 aliphatic heterocycles. The number of imidazole rings is 1. The van der Waals surface area contributed by atoms with Crippen LogP contribution < -0.4 is 5.73 Å². The summed E-state index contributed by atoms with van der Waals surface area (Å²) in [5, 5.41) is 0. The number of amides is 1. The molecular formula is C20H27N5O. The van der Waals surface area contributed by atoms with E-state index in [9.17, 15) is 4.79 Å². The Morgan fingerprint density at radius 2 is 1.96 bits per heavy atom. The second kappa shape index (κ2) is 7.58. The summed E-state index contributed by atoms with van der Waals surface area (Å²) in [6, 6.07) is 6.19. The van der Waals surface area contributed by atoms with Crippen molar-refractivity contribution in [3.05, 3.63) is 48.3 Å². The molecule has 6 heteroatoms. The highest BCUT2D eigenvalue weighted by atomic mass is 16.2. The fourth-order valence-corrected chi connectivity index (χ4v) is 4.34. The summed E-state index contributed by atoms with van der Waals surface area (Å²) in [7, 11) is 0. The molecule has 2 aliphatic rings. The Labute approximate surface area is 154 Å². The molecule has 2 aromatic rings. The molecule has 0 unspecified atom stereocenters. The molecule has 1 aliphatic carbocycles. The third-order valence-electron chi connectivity index (χ3n) is 5.80. The van der Waals surface area contributed by atoms with Gasteiger partial charge in [-0.15, -0.1) is 0 Å². The van der Waals surface area contributed by atoms with Crippen molar-refractivity contribution in [2.45, 2.75) is 50.6 Å². The number of hydrogen-bond donors (Lipinski definition) is 1. The first kappa shape index (κ1) is 17.2. The van der Waals surface area contributed by atoms with Crippen LogP contribution >= 0.6 is 0 Å². The van der Waals surface area contributed by atoms with Crippen molar-refractivity contribution in [2.75, 3.05) is 13.1 Å². The third kappa shape index (κ3) is 3.65. The molecule has 1 saturated heterocycles. The second-order valence-electron chi connectivity index (χ2n) is 7.60. The summed E-state index contributed by atoms with van der Waals surface area (Å²) in [4.78, 5) is 23.8. The standard InChI is InChI=1S/C20H27N5O/c21-17-5-4-16(13-17)20(26)24-10-6-15(7-11-24)19-23-9-12-25(19)14-18-3-1-2-8-22-18/h1-3,8-9,12,15-17H,4-7,10-11,13-14,21H2/t16-,17+/m0/s1. The number of hydrogen-bond acceptors (Lipinski definition) is 4. The van der Waals surface area contributed by atoms with Gasteiger partial charge in [-0.05, 0) is 44.2 Å². The van der Waals surface area contributed by atoms with Gasteiger partial charge in [0.05, 0.1) is 12.2 Å². The van der Waals surface area contributed by atoms with E-state index in [1.807, 2.05) is 41.7 Å². The fraction of sp³-hybridized carbons (Fsp3) is 0.550. The lowest BCUT2D eigenvalue weighted by Gasteiger charge is -2.33. The molecule has 0 radical (unpaired) electrons. The topological polar surface area (TPSA) is 77.0 Å². The molecule has 0 aromatic carbocycles. The molecule has 2 aromatic heterocycles. The van der Waals surface area contributed by atoms with Gasteiger partial charge in [-0.1, -0.05) is 6.07 Å². The molecule has 3 heterocycles. The monoisotopic (exact) mass is 353 g/mol. The Morgan fingerprint density at radius 3 is 2.65 bits per heavy atom. The van der Waals surface area contributed by atoms with Crippen LogP contribution in [0.15, 0.2) is 36.8 Å². The largest absolute Gasteiger partial charge is 0.342 e. The maximum atomic E-state index is 12.7. The number of carbonyl (C=O) groups excluding carboxylic acids is 1. The number of rotatable bonds is 4. The molecule has 26 heavy (non-hydrogen) atoms. The fourth-order valence-electron chi connectivity index (χ4n) is 4.34. The average Bonchev–Trinajstić information content (AvgIpc) is 3.31. The number of piperidine rings is 1. The van der Waals surface area contributed by atoms with Gasteiger partial charge < -0.3 is 15.2 Å². The van der Waals surface area contributed by atoms with Gasteiger partial charge in [0.2, 0.25) is 5.91 Å². The first-order chi connectivity index (χ1) is 12.7. The van der Waals surface area contributed by atoms with Gasteiger partial charge in [-0.3, -0.25) is 9.78 Å². The predicted molar refractivity (Wildman–Crippen MR) is 99.4 cm³/mol. The minimum atomic E-state index is 0.146. The van der Waals surface area contributed by atoms with Crippen molar-refractivity contribution in [3.63, 3.8) is 0 Å². The third-order valence-corrected chi connectivity index (χ3v) is 5.80. The molecule has 0 bridgehead atoms. The van der Waals surface area contributed by atoms with Crippen LogP contribution in [0.2, 0.25) is 0 Å². The summed E-state index contributed by atoms with van der Waals surface area (Å²) in [5.74, 6) is 1.98. The highest BCUT2D eigenvalue weighted by molar-refractivity contribution is 5.79. The van der Waals surface area contributed by atoms with E-state index in [4.69, 9.17) is 5.73 Å². The maximum Gasteiger partial charge on any atom is 0.225 e. The van der Waals surface area contributed by atoms with Gasteiger partial charge in [0.15, 0.2) is 0 Å². The minimum Gasteiger partial charge on any atom is -0.342 e. The molecule has 0 spiro atoms. The van der Waals surface area contributed by atoms with Crippen molar-refractivity contribution in [1.29, 1.82) is 0 Å². The Morgan fingerprint density at radius 1 is 1.12 bits per heavy atom. The highest BCUT2D eigenvalue weighted by Gasteiger charge is 2.33. The highest BCUT2D eigenvalue weighted by Crippen LogP contribution is 2.31. The molecule has 138 valence electrons. The second-order valence-corrected chi connectivity index (χ2v) is 7.60. The molecule has 4 rings (SSSR count). The number of carbonyl (C=O) groups is 1. The Balaban J connectivity index is 1.37. The quantitative estimate of drug-likeness (QED) is 0.914. The van der Waals surface area contributed by atoms with Crippen molar-refractivity contribution in [2.24, 2.45) is 11.7 Å². The van der Waals surface area contributed by atoms with Crippen molar-refractivity contribution < 1.29 is 4.79 Å². The van der Waals surface area contributed by atoms with Gasteiger partial charge >= 0.3 is 0 Å². The van der Waals surface area contributed by atoms with Gasteiger partial charge in [-0.2, -0.15) is 0 Å². The molecular weight excluding hydrogens is 326 g/mol. The van der Waals surface area contributed by atoms with E-state index in [-0.39, 0.29) is 12.0 Å². The van der Waals surface area contributed by atoms with Crippen LogP contribution in [0.3, 0.4) is 0 Å². The number of likely N-dealkylation sites (tertiary alicyclic amines) is 1. The Hall–Kier alpha value is -2.21. The normalized spacial score (nSPS) is 24.1. The van der Waals surface area contributed by atoms with Crippen LogP contribution in [0.5, 0.6) is 0 Å². The van der Waals surface area contributed by atoms with Crippen LogP contribution in [0.4, 0.5) is 0 Å². The summed E-state index contributed by atoms with van der Waals surface area (Å²) in [6.45, 7) is 2.40. The lowest BCUT2D eigenvalue weighted by Crippen LogP contribution is -2.41. The maximum absolute atomic E-state index is 12.7. The SMILES string of the molecule is N[C@@H]1CC[C@H](C(=O)N2CCC(c3nccn3Cc3ccccn3)CC2)C1. The van der Waals surface area contributed by atoms with E-state index >= 15 is 0 Å². The molecule has 2 atom stereocenters. The van der Waals surface area contributed by atoms with Gasteiger partial charge in [-0.25, -0.2) is 4.98 Å². The van der Waals surface area contributed by atoms with Crippen LogP contribution in [-0.4, -0.2) is 44.5 Å². The lowest BCUT2D eigenvalue weighted by molar-refractivity contribution is -0.136. The first-order valence-corrected chi connectivity index (χ1v) is 9.66. The molecule has 6 nitrogen and oxygen atoms in total. The number of nitrogens with two attached hydrogens (primary N) is 1. The predicted octanol–water partition coefficient (Wildman–Crippen LogP) is 2.16. The molecule has 1 amide bonds.